The minimum atomic E-state index is -3.04. The van der Waals surface area contributed by atoms with Crippen molar-refractivity contribution in [2.45, 2.75) is 57.0 Å². The highest BCUT2D eigenvalue weighted by Crippen LogP contribution is 2.56. The van der Waals surface area contributed by atoms with Crippen LogP contribution in [0.25, 0.3) is 0 Å². The second kappa shape index (κ2) is 10.9. The largest absolute Gasteiger partial charge is 0.510 e. The lowest BCUT2D eigenvalue weighted by atomic mass is 9.55. The number of carbonyl (C=O) groups is 5. The standard InChI is InChI=1S/C29H36N4O11/c1-10-11-7-8-12(32-13(34)9-31-27(42)44-28(2,3)4)20(35)15(11)21(36)16-14(10)22(37)18-19(33(5)6)23(38)17(26(30)41)25(40)29(18,43)24(16)39/h7-8,10,14,18-19,22,35,37-39,43H,9H2,1-6H3,(H2,30,41)(H,31,42)(H,32,34)/t10?,14?,18?,19-,22?,29-/m0/s1. The summed E-state index contributed by atoms with van der Waals surface area (Å²) in [4.78, 5) is 65.2. The van der Waals surface area contributed by atoms with Gasteiger partial charge in [0.15, 0.2) is 17.1 Å². The average Bonchev–Trinajstić information content (AvgIpc) is 2.89. The molecule has 0 aliphatic heterocycles. The quantitative estimate of drug-likeness (QED) is 0.162. The number of nitrogens with zero attached hydrogens (tertiary/aromatic N) is 1. The second-order valence-corrected chi connectivity index (χ2v) is 12.4. The molecule has 0 bridgehead atoms. The van der Waals surface area contributed by atoms with Gasteiger partial charge in [-0.1, -0.05) is 13.0 Å². The maximum absolute atomic E-state index is 13.9. The summed E-state index contributed by atoms with van der Waals surface area (Å²) in [5, 5.41) is 61.4. The summed E-state index contributed by atoms with van der Waals surface area (Å²) >= 11 is 0. The Morgan fingerprint density at radius 3 is 2.27 bits per heavy atom. The molecule has 0 aromatic heterocycles. The molecule has 1 aromatic rings. The molecule has 3 amide bonds. The number of aromatic hydroxyl groups is 1. The van der Waals surface area contributed by atoms with Crippen LogP contribution in [0.1, 0.15) is 49.5 Å². The van der Waals surface area contributed by atoms with E-state index in [0.29, 0.717) is 0 Å². The van der Waals surface area contributed by atoms with Crippen LogP contribution in [0.4, 0.5) is 10.5 Å². The fraction of sp³-hybridized carbons (Fsp3) is 0.483. The van der Waals surface area contributed by atoms with E-state index >= 15 is 0 Å². The molecule has 238 valence electrons. The van der Waals surface area contributed by atoms with E-state index in [4.69, 9.17) is 10.5 Å². The Balaban J connectivity index is 1.77. The second-order valence-electron chi connectivity index (χ2n) is 12.4. The van der Waals surface area contributed by atoms with Gasteiger partial charge in [0.25, 0.3) is 5.91 Å². The Kier molecular flexibility index (Phi) is 8.04. The Bertz CT molecular complexity index is 1540. The SMILES string of the molecule is CC1c2ccc(NC(=O)CNC(=O)OC(C)(C)C)c(O)c2C(=O)C2=C(O)[C@]3(O)C(=O)C(C(N)=O)=C(O)[C@@H](N(C)C)C3C(O)C21. The number of hydrogen-bond acceptors (Lipinski definition) is 12. The molecule has 0 spiro atoms. The summed E-state index contributed by atoms with van der Waals surface area (Å²) in [5.74, 6) is -11.1. The van der Waals surface area contributed by atoms with E-state index < -0.39 is 106 Å². The predicted octanol–water partition coefficient (Wildman–Crippen LogP) is 0.116. The molecule has 0 saturated carbocycles. The van der Waals surface area contributed by atoms with Crippen molar-refractivity contribution >= 4 is 35.2 Å². The van der Waals surface area contributed by atoms with Gasteiger partial charge in [-0.05, 0) is 52.4 Å². The van der Waals surface area contributed by atoms with Gasteiger partial charge < -0.3 is 46.6 Å². The van der Waals surface area contributed by atoms with E-state index in [1.165, 1.54) is 31.1 Å². The number of hydrogen-bond donors (Lipinski definition) is 8. The number of Topliss-reactive ketones (excluding diaryl/α,β-unsaturated/α-hetero) is 2. The normalized spacial score (nSPS) is 28.2. The summed E-state index contributed by atoms with van der Waals surface area (Å²) in [6.07, 6.45) is -2.59. The van der Waals surface area contributed by atoms with E-state index in [-0.39, 0.29) is 16.8 Å². The van der Waals surface area contributed by atoms with Crippen LogP contribution in [-0.4, -0.2) is 104 Å². The number of ether oxygens (including phenoxy) is 1. The summed E-state index contributed by atoms with van der Waals surface area (Å²) in [5.41, 5.74) is -0.475. The Morgan fingerprint density at radius 1 is 1.11 bits per heavy atom. The molecule has 4 rings (SSSR count). The first-order valence-electron chi connectivity index (χ1n) is 13.7. The van der Waals surface area contributed by atoms with Gasteiger partial charge in [0.2, 0.25) is 11.7 Å². The number of alkyl carbamates (subject to hydrolysis) is 1. The molecule has 44 heavy (non-hydrogen) atoms. The van der Waals surface area contributed by atoms with Gasteiger partial charge in [0.1, 0.15) is 29.2 Å². The molecule has 9 N–H and O–H groups in total. The highest BCUT2D eigenvalue weighted by molar-refractivity contribution is 6.25. The number of fused-ring (bicyclic) bond motifs is 3. The van der Waals surface area contributed by atoms with Crippen molar-refractivity contribution in [1.29, 1.82) is 0 Å². The minimum Gasteiger partial charge on any atom is -0.510 e. The number of benzene rings is 1. The maximum atomic E-state index is 13.9. The van der Waals surface area contributed by atoms with Gasteiger partial charge in [0.05, 0.1) is 29.3 Å². The molecule has 1 aromatic carbocycles. The van der Waals surface area contributed by atoms with Crippen LogP contribution in [0.3, 0.4) is 0 Å². The molecular formula is C29H36N4O11. The first-order valence-corrected chi connectivity index (χ1v) is 13.7. The van der Waals surface area contributed by atoms with Gasteiger partial charge in [-0.15, -0.1) is 0 Å². The van der Waals surface area contributed by atoms with Crippen molar-refractivity contribution in [2.75, 3.05) is 26.0 Å². The zero-order valence-corrected chi connectivity index (χ0v) is 25.0. The van der Waals surface area contributed by atoms with Crippen molar-refractivity contribution in [3.8, 4) is 5.75 Å². The van der Waals surface area contributed by atoms with Crippen molar-refractivity contribution in [3.63, 3.8) is 0 Å². The third kappa shape index (κ3) is 4.96. The van der Waals surface area contributed by atoms with E-state index in [2.05, 4.69) is 10.6 Å². The van der Waals surface area contributed by atoms with Crippen LogP contribution in [-0.2, 0) is 19.1 Å². The number of phenolic OH excluding ortho intramolecular Hbond substituents is 1. The number of anilines is 1. The van der Waals surface area contributed by atoms with Crippen LogP contribution in [0.2, 0.25) is 0 Å². The molecular weight excluding hydrogens is 580 g/mol. The van der Waals surface area contributed by atoms with Gasteiger partial charge in [-0.3, -0.25) is 24.1 Å². The number of aliphatic hydroxyl groups excluding tert-OH is 3. The molecule has 0 fully saturated rings. The number of carbonyl (C=O) groups excluding carboxylic acids is 5. The average molecular weight is 617 g/mol. The molecule has 6 atom stereocenters. The topological polar surface area (TPSA) is 249 Å². The molecule has 0 radical (unpaired) electrons. The van der Waals surface area contributed by atoms with Crippen molar-refractivity contribution in [2.24, 2.45) is 17.6 Å². The zero-order chi connectivity index (χ0) is 33.2. The van der Waals surface area contributed by atoms with Crippen molar-refractivity contribution in [1.82, 2.24) is 10.2 Å². The monoisotopic (exact) mass is 616 g/mol. The van der Waals surface area contributed by atoms with Gasteiger partial charge in [-0.25, -0.2) is 4.79 Å². The number of ketones is 2. The number of nitrogens with one attached hydrogen (secondary N) is 2. The van der Waals surface area contributed by atoms with Crippen molar-refractivity contribution in [3.05, 3.63) is 45.9 Å². The Morgan fingerprint density at radius 2 is 1.73 bits per heavy atom. The Labute approximate surface area is 252 Å². The smallest absolute Gasteiger partial charge is 0.408 e. The number of phenols is 1. The van der Waals surface area contributed by atoms with Crippen LogP contribution in [0, 0.1) is 11.8 Å². The highest BCUT2D eigenvalue weighted by atomic mass is 16.6. The predicted molar refractivity (Wildman–Crippen MR) is 153 cm³/mol. The van der Waals surface area contributed by atoms with E-state index in [9.17, 15) is 49.5 Å². The molecule has 0 heterocycles. The van der Waals surface area contributed by atoms with Crippen molar-refractivity contribution < 1.29 is 54.2 Å². The first kappa shape index (κ1) is 32.4. The van der Waals surface area contributed by atoms with Crippen LogP contribution in [0.15, 0.2) is 34.8 Å². The number of aliphatic hydroxyl groups is 4. The lowest BCUT2D eigenvalue weighted by molar-refractivity contribution is -0.162. The maximum Gasteiger partial charge on any atom is 0.408 e. The minimum absolute atomic E-state index is 0.225. The zero-order valence-electron chi connectivity index (χ0n) is 25.0. The van der Waals surface area contributed by atoms with Gasteiger partial charge >= 0.3 is 6.09 Å². The number of amides is 3. The molecule has 3 aliphatic rings. The molecule has 15 nitrogen and oxygen atoms in total. The highest BCUT2D eigenvalue weighted by Gasteiger charge is 2.67. The third-order valence-corrected chi connectivity index (χ3v) is 8.20. The summed E-state index contributed by atoms with van der Waals surface area (Å²) in [6, 6.07) is 1.36. The summed E-state index contributed by atoms with van der Waals surface area (Å²) in [7, 11) is 2.89. The Hall–Kier alpha value is -4.47. The fourth-order valence-electron chi connectivity index (χ4n) is 6.38. The molecule has 3 aliphatic carbocycles. The molecule has 0 saturated heterocycles. The lowest BCUT2D eigenvalue weighted by Gasteiger charge is -2.53. The number of likely N-dealkylation sites (N-methyl/N-ethyl adjacent to an activating group) is 1. The van der Waals surface area contributed by atoms with Crippen LogP contribution >= 0.6 is 0 Å². The first-order chi connectivity index (χ1) is 20.2. The van der Waals surface area contributed by atoms with Crippen LogP contribution in [0.5, 0.6) is 5.75 Å². The summed E-state index contributed by atoms with van der Waals surface area (Å²) < 4.78 is 5.07. The van der Waals surface area contributed by atoms with E-state index in [0.717, 1.165) is 0 Å². The third-order valence-electron chi connectivity index (χ3n) is 8.20. The van der Waals surface area contributed by atoms with Gasteiger partial charge in [0, 0.05) is 11.5 Å². The molecule has 4 unspecified atom stereocenters. The summed E-state index contributed by atoms with van der Waals surface area (Å²) in [6.45, 7) is 5.96. The van der Waals surface area contributed by atoms with E-state index in [1.54, 1.807) is 27.7 Å². The molecule has 15 heteroatoms. The fourth-order valence-corrected chi connectivity index (χ4v) is 6.38. The lowest BCUT2D eigenvalue weighted by Crippen LogP contribution is -2.68. The number of primary amides is 1. The van der Waals surface area contributed by atoms with Gasteiger partial charge in [-0.2, -0.15) is 0 Å². The van der Waals surface area contributed by atoms with Crippen LogP contribution < -0.4 is 16.4 Å². The number of rotatable bonds is 5. The van der Waals surface area contributed by atoms with E-state index in [1.807, 2.05) is 0 Å². The number of nitrogens with two attached hydrogens (primary N) is 1.